The fourth-order valence-electron chi connectivity index (χ4n) is 2.37. The molecule has 0 amide bonds. The summed E-state index contributed by atoms with van der Waals surface area (Å²) in [5, 5.41) is 1.34. The molecule has 1 aromatic heterocycles. The summed E-state index contributed by atoms with van der Waals surface area (Å²) in [6, 6.07) is 15.8. The lowest BCUT2D eigenvalue weighted by atomic mass is 10.2. The number of carbonyl (C=O) groups excluding carboxylic acids is 1. The zero-order chi connectivity index (χ0) is 13.4. The molecule has 0 saturated carbocycles. The first-order chi connectivity index (χ1) is 9.22. The highest BCUT2D eigenvalue weighted by molar-refractivity contribution is 6.34. The topological polar surface area (TPSA) is 22.0 Å². The van der Waals surface area contributed by atoms with E-state index in [-0.39, 0.29) is 0 Å². The maximum Gasteiger partial charge on any atom is 0.153 e. The summed E-state index contributed by atoms with van der Waals surface area (Å²) in [5.41, 5.74) is 3.60. The Morgan fingerprint density at radius 3 is 2.63 bits per heavy atom. The molecule has 0 aliphatic carbocycles. The van der Waals surface area contributed by atoms with Crippen molar-refractivity contribution in [2.75, 3.05) is 0 Å². The summed E-state index contributed by atoms with van der Waals surface area (Å²) in [6.07, 6.45) is 0.816. The molecule has 0 aliphatic rings. The Morgan fingerprint density at radius 1 is 1.11 bits per heavy atom. The minimum Gasteiger partial charge on any atom is -0.300 e. The third-order valence-electron chi connectivity index (χ3n) is 3.23. The second kappa shape index (κ2) is 4.56. The second-order valence-electron chi connectivity index (χ2n) is 4.51. The van der Waals surface area contributed by atoms with Gasteiger partial charge >= 0.3 is 0 Å². The van der Waals surface area contributed by atoms with Crippen LogP contribution < -0.4 is 0 Å². The van der Waals surface area contributed by atoms with Gasteiger partial charge in [-0.3, -0.25) is 9.36 Å². The van der Waals surface area contributed by atoms with Crippen LogP contribution in [0.1, 0.15) is 15.9 Å². The zero-order valence-electron chi connectivity index (χ0n) is 10.4. The number of carbonyl (C=O) groups is 1. The van der Waals surface area contributed by atoms with Gasteiger partial charge in [0, 0.05) is 11.1 Å². The Bertz CT molecular complexity index is 774. The lowest BCUT2D eigenvalue weighted by molar-refractivity contribution is 0.112. The van der Waals surface area contributed by atoms with Crippen LogP contribution >= 0.6 is 11.6 Å². The predicted octanol–water partition coefficient (Wildman–Crippen LogP) is 4.40. The van der Waals surface area contributed by atoms with Crippen LogP contribution in [-0.2, 0) is 0 Å². The average molecular weight is 270 g/mol. The van der Waals surface area contributed by atoms with E-state index in [0.29, 0.717) is 10.7 Å². The molecule has 3 heteroatoms. The van der Waals surface area contributed by atoms with Crippen LogP contribution in [0.4, 0.5) is 0 Å². The molecular formula is C16H12ClNO. The van der Waals surface area contributed by atoms with Crippen molar-refractivity contribution in [3.05, 3.63) is 64.8 Å². The number of nitrogens with zero attached hydrogens (tertiary/aromatic N) is 1. The highest BCUT2D eigenvalue weighted by Crippen LogP contribution is 2.31. The van der Waals surface area contributed by atoms with Crippen molar-refractivity contribution in [1.29, 1.82) is 0 Å². The van der Waals surface area contributed by atoms with Gasteiger partial charge in [-0.25, -0.2) is 0 Å². The number of aldehydes is 1. The lowest BCUT2D eigenvalue weighted by Crippen LogP contribution is -1.94. The molecule has 2 nitrogen and oxygen atoms in total. The van der Waals surface area contributed by atoms with Crippen molar-refractivity contribution in [1.82, 2.24) is 4.57 Å². The molecule has 0 unspecified atom stereocenters. The Balaban J connectivity index is 2.41. The van der Waals surface area contributed by atoms with Gasteiger partial charge in [-0.05, 0) is 30.7 Å². The molecule has 0 aliphatic heterocycles. The fourth-order valence-corrected chi connectivity index (χ4v) is 2.70. The number of para-hydroxylation sites is 1. The first-order valence-corrected chi connectivity index (χ1v) is 6.41. The third-order valence-corrected chi connectivity index (χ3v) is 3.60. The summed E-state index contributed by atoms with van der Waals surface area (Å²) in [7, 11) is 0. The molecule has 0 N–H and O–H groups in total. The number of halogens is 1. The Morgan fingerprint density at radius 2 is 1.89 bits per heavy atom. The average Bonchev–Trinajstić information content (AvgIpc) is 2.70. The number of rotatable bonds is 2. The van der Waals surface area contributed by atoms with Crippen molar-refractivity contribution in [3.63, 3.8) is 0 Å². The van der Waals surface area contributed by atoms with E-state index in [1.54, 1.807) is 0 Å². The van der Waals surface area contributed by atoms with Gasteiger partial charge in [0.15, 0.2) is 6.29 Å². The number of fused-ring (bicyclic) bond motifs is 1. The minimum atomic E-state index is 0.460. The molecule has 19 heavy (non-hydrogen) atoms. The van der Waals surface area contributed by atoms with E-state index in [1.807, 2.05) is 60.0 Å². The molecule has 1 heterocycles. The molecule has 0 bridgehead atoms. The third kappa shape index (κ3) is 1.85. The normalized spacial score (nSPS) is 10.8. The van der Waals surface area contributed by atoms with Gasteiger partial charge in [0.25, 0.3) is 0 Å². The monoisotopic (exact) mass is 269 g/mol. The van der Waals surface area contributed by atoms with E-state index < -0.39 is 0 Å². The minimum absolute atomic E-state index is 0.460. The van der Waals surface area contributed by atoms with Crippen LogP contribution in [0.5, 0.6) is 0 Å². The number of benzene rings is 2. The molecule has 0 fully saturated rings. The van der Waals surface area contributed by atoms with E-state index in [9.17, 15) is 4.79 Å². The van der Waals surface area contributed by atoms with Gasteiger partial charge < -0.3 is 0 Å². The Kier molecular flexibility index (Phi) is 2.88. The van der Waals surface area contributed by atoms with Crippen LogP contribution in [0.15, 0.2) is 48.5 Å². The molecule has 94 valence electrons. The highest BCUT2D eigenvalue weighted by atomic mass is 35.5. The van der Waals surface area contributed by atoms with E-state index in [2.05, 4.69) is 0 Å². The second-order valence-corrected chi connectivity index (χ2v) is 4.87. The van der Waals surface area contributed by atoms with Crippen molar-refractivity contribution in [2.24, 2.45) is 0 Å². The van der Waals surface area contributed by atoms with Gasteiger partial charge in [-0.2, -0.15) is 0 Å². The van der Waals surface area contributed by atoms with Gasteiger partial charge in [0.1, 0.15) is 5.15 Å². The van der Waals surface area contributed by atoms with Crippen LogP contribution in [0.25, 0.3) is 16.6 Å². The van der Waals surface area contributed by atoms with E-state index >= 15 is 0 Å². The van der Waals surface area contributed by atoms with Gasteiger partial charge in [-0.1, -0.05) is 41.9 Å². The molecule has 0 radical (unpaired) electrons. The van der Waals surface area contributed by atoms with Gasteiger partial charge in [-0.15, -0.1) is 0 Å². The molecule has 0 saturated heterocycles. The Labute approximate surface area is 116 Å². The van der Waals surface area contributed by atoms with Crippen molar-refractivity contribution in [3.8, 4) is 5.69 Å². The van der Waals surface area contributed by atoms with Crippen molar-refractivity contribution in [2.45, 2.75) is 6.92 Å². The summed E-state index contributed by atoms with van der Waals surface area (Å²) >= 11 is 6.37. The largest absolute Gasteiger partial charge is 0.300 e. The molecule has 0 spiro atoms. The number of aryl methyl sites for hydroxylation is 1. The van der Waals surface area contributed by atoms with Gasteiger partial charge in [0.2, 0.25) is 0 Å². The maximum atomic E-state index is 11.3. The van der Waals surface area contributed by atoms with E-state index in [4.69, 9.17) is 11.6 Å². The molecule has 3 aromatic rings. The number of hydrogen-bond donors (Lipinski definition) is 0. The summed E-state index contributed by atoms with van der Waals surface area (Å²) in [6.45, 7) is 2.03. The van der Waals surface area contributed by atoms with Gasteiger partial charge in [0.05, 0.1) is 11.1 Å². The quantitative estimate of drug-likeness (QED) is 0.632. The smallest absolute Gasteiger partial charge is 0.153 e. The maximum absolute atomic E-state index is 11.3. The summed E-state index contributed by atoms with van der Waals surface area (Å²) < 4.78 is 1.91. The van der Waals surface area contributed by atoms with Crippen LogP contribution in [0, 0.1) is 6.92 Å². The van der Waals surface area contributed by atoms with Crippen molar-refractivity contribution >= 4 is 28.8 Å². The SMILES string of the molecule is Cc1cccc(-n2c(Cl)c(C=O)c3ccccc32)c1. The summed E-state index contributed by atoms with van der Waals surface area (Å²) in [5.74, 6) is 0. The molecule has 2 aromatic carbocycles. The number of hydrogen-bond acceptors (Lipinski definition) is 1. The zero-order valence-corrected chi connectivity index (χ0v) is 11.2. The first kappa shape index (κ1) is 12.0. The summed E-state index contributed by atoms with van der Waals surface area (Å²) in [4.78, 5) is 11.3. The predicted molar refractivity (Wildman–Crippen MR) is 78.4 cm³/mol. The first-order valence-electron chi connectivity index (χ1n) is 6.03. The Hall–Kier alpha value is -2.06. The van der Waals surface area contributed by atoms with Crippen LogP contribution in [0.3, 0.4) is 0 Å². The van der Waals surface area contributed by atoms with Crippen LogP contribution in [0.2, 0.25) is 5.15 Å². The standard InChI is InChI=1S/C16H12ClNO/c1-11-5-4-6-12(9-11)18-15-8-3-2-7-13(15)14(10-19)16(18)17/h2-10H,1H3. The van der Waals surface area contributed by atoms with E-state index in [1.165, 1.54) is 0 Å². The van der Waals surface area contributed by atoms with Crippen LogP contribution in [-0.4, -0.2) is 10.9 Å². The fraction of sp³-hybridized carbons (Fsp3) is 0.0625. The van der Waals surface area contributed by atoms with Crippen molar-refractivity contribution < 1.29 is 4.79 Å². The highest BCUT2D eigenvalue weighted by Gasteiger charge is 2.15. The molecule has 0 atom stereocenters. The molecular weight excluding hydrogens is 258 g/mol. The van der Waals surface area contributed by atoms with E-state index in [0.717, 1.165) is 28.4 Å². The lowest BCUT2D eigenvalue weighted by Gasteiger charge is -2.08. The molecule has 3 rings (SSSR count). The number of aromatic nitrogens is 1.